The van der Waals surface area contributed by atoms with Gasteiger partial charge in [0.2, 0.25) is 0 Å². The van der Waals surface area contributed by atoms with E-state index in [0.717, 1.165) is 23.0 Å². The highest BCUT2D eigenvalue weighted by molar-refractivity contribution is 5.82. The van der Waals surface area contributed by atoms with Crippen molar-refractivity contribution in [2.24, 2.45) is 0 Å². The lowest BCUT2D eigenvalue weighted by Crippen LogP contribution is -1.83. The minimum Gasteiger partial charge on any atom is -0.453 e. The topological polar surface area (TPSA) is 30.2 Å². The molecule has 3 rings (SSSR count). The highest BCUT2D eigenvalue weighted by Crippen LogP contribution is 2.32. The monoisotopic (exact) mass is 262 g/mol. The van der Waals surface area contributed by atoms with E-state index in [-0.39, 0.29) is 0 Å². The zero-order valence-corrected chi connectivity index (χ0v) is 11.2. The van der Waals surface area contributed by atoms with Gasteiger partial charge in [0.1, 0.15) is 5.76 Å². The largest absolute Gasteiger partial charge is 0.453 e. The summed E-state index contributed by atoms with van der Waals surface area (Å²) in [6.45, 7) is 2.07. The lowest BCUT2D eigenvalue weighted by atomic mass is 9.97. The van der Waals surface area contributed by atoms with Crippen molar-refractivity contribution in [3.8, 4) is 22.5 Å². The van der Waals surface area contributed by atoms with Crippen LogP contribution in [0.5, 0.6) is 0 Å². The Hall–Kier alpha value is -2.61. The second kappa shape index (κ2) is 5.17. The van der Waals surface area contributed by atoms with Gasteiger partial charge in [0.15, 0.2) is 12.0 Å². The molecule has 1 heterocycles. The van der Waals surface area contributed by atoms with Crippen molar-refractivity contribution in [2.45, 2.75) is 6.92 Å². The molecule has 0 aliphatic carbocycles. The van der Waals surface area contributed by atoms with Crippen LogP contribution in [0.2, 0.25) is 0 Å². The molecule has 0 spiro atoms. The van der Waals surface area contributed by atoms with E-state index in [1.54, 1.807) is 6.07 Å². The predicted octanol–water partition coefficient (Wildman–Crippen LogP) is 4.73. The molecule has 0 saturated carbocycles. The quantitative estimate of drug-likeness (QED) is 0.638. The predicted molar refractivity (Wildman–Crippen MR) is 79.7 cm³/mol. The first kappa shape index (κ1) is 12.4. The maximum Gasteiger partial charge on any atom is 0.185 e. The van der Waals surface area contributed by atoms with Gasteiger partial charge in [-0.15, -0.1) is 0 Å². The van der Waals surface area contributed by atoms with Crippen LogP contribution >= 0.6 is 0 Å². The minimum absolute atomic E-state index is 0.346. The van der Waals surface area contributed by atoms with Gasteiger partial charge in [-0.1, -0.05) is 54.1 Å². The van der Waals surface area contributed by atoms with E-state index < -0.39 is 0 Å². The fourth-order valence-corrected chi connectivity index (χ4v) is 2.24. The van der Waals surface area contributed by atoms with Crippen LogP contribution in [-0.2, 0) is 0 Å². The first-order valence-corrected chi connectivity index (χ1v) is 6.49. The molecule has 98 valence electrons. The first-order valence-electron chi connectivity index (χ1n) is 6.49. The Labute approximate surface area is 117 Å². The van der Waals surface area contributed by atoms with Crippen molar-refractivity contribution in [3.63, 3.8) is 0 Å². The van der Waals surface area contributed by atoms with E-state index >= 15 is 0 Å². The number of hydrogen-bond acceptors (Lipinski definition) is 2. The molecule has 2 aromatic carbocycles. The standard InChI is InChI=1S/C18H14O2/c1-13-6-8-14(9-7-13)16-4-2-3-5-17(16)18-11-10-15(12-19)20-18/h2-12H,1H3. The van der Waals surface area contributed by atoms with Gasteiger partial charge in [-0.2, -0.15) is 0 Å². The molecule has 0 radical (unpaired) electrons. The third kappa shape index (κ3) is 2.28. The van der Waals surface area contributed by atoms with Gasteiger partial charge in [0, 0.05) is 5.56 Å². The van der Waals surface area contributed by atoms with Gasteiger partial charge >= 0.3 is 0 Å². The average molecular weight is 262 g/mol. The minimum atomic E-state index is 0.346. The fraction of sp³-hybridized carbons (Fsp3) is 0.0556. The third-order valence-electron chi connectivity index (χ3n) is 3.30. The SMILES string of the molecule is Cc1ccc(-c2ccccc2-c2ccc(C=O)o2)cc1. The summed E-state index contributed by atoms with van der Waals surface area (Å²) in [5, 5.41) is 0. The van der Waals surface area contributed by atoms with Crippen molar-refractivity contribution < 1.29 is 9.21 Å². The molecule has 0 fully saturated rings. The number of rotatable bonds is 3. The molecule has 0 aliphatic rings. The van der Waals surface area contributed by atoms with Crippen molar-refractivity contribution in [1.29, 1.82) is 0 Å². The van der Waals surface area contributed by atoms with Crippen LogP contribution in [0.15, 0.2) is 65.1 Å². The summed E-state index contributed by atoms with van der Waals surface area (Å²) in [5.41, 5.74) is 4.45. The highest BCUT2D eigenvalue weighted by atomic mass is 16.3. The number of hydrogen-bond donors (Lipinski definition) is 0. The molecule has 0 amide bonds. The summed E-state index contributed by atoms with van der Waals surface area (Å²) in [4.78, 5) is 10.7. The van der Waals surface area contributed by atoms with E-state index in [9.17, 15) is 4.79 Å². The summed E-state index contributed by atoms with van der Waals surface area (Å²) in [7, 11) is 0. The molecule has 2 nitrogen and oxygen atoms in total. The Morgan fingerprint density at radius 1 is 0.850 bits per heavy atom. The number of carbonyl (C=O) groups is 1. The Bertz CT molecular complexity index is 736. The van der Waals surface area contributed by atoms with E-state index in [2.05, 4.69) is 37.3 Å². The highest BCUT2D eigenvalue weighted by Gasteiger charge is 2.10. The summed E-state index contributed by atoms with van der Waals surface area (Å²) < 4.78 is 5.54. The maximum absolute atomic E-state index is 10.7. The zero-order valence-electron chi connectivity index (χ0n) is 11.2. The number of aldehydes is 1. The molecule has 0 aliphatic heterocycles. The lowest BCUT2D eigenvalue weighted by Gasteiger charge is -2.08. The van der Waals surface area contributed by atoms with Crippen LogP contribution in [0.25, 0.3) is 22.5 Å². The molecular weight excluding hydrogens is 248 g/mol. The smallest absolute Gasteiger partial charge is 0.185 e. The Balaban J connectivity index is 2.12. The van der Waals surface area contributed by atoms with Crippen LogP contribution < -0.4 is 0 Å². The van der Waals surface area contributed by atoms with Crippen molar-refractivity contribution in [3.05, 3.63) is 72.0 Å². The van der Waals surface area contributed by atoms with Crippen LogP contribution in [0.4, 0.5) is 0 Å². The molecule has 3 aromatic rings. The fourth-order valence-electron chi connectivity index (χ4n) is 2.24. The summed E-state index contributed by atoms with van der Waals surface area (Å²) in [5.74, 6) is 1.06. The van der Waals surface area contributed by atoms with E-state index in [1.807, 2.05) is 24.3 Å². The van der Waals surface area contributed by atoms with Crippen LogP contribution in [-0.4, -0.2) is 6.29 Å². The van der Waals surface area contributed by atoms with Gasteiger partial charge < -0.3 is 4.42 Å². The van der Waals surface area contributed by atoms with Gasteiger partial charge in [0.25, 0.3) is 0 Å². The number of aryl methyl sites for hydroxylation is 1. The normalized spacial score (nSPS) is 10.4. The summed E-state index contributed by atoms with van der Waals surface area (Å²) in [6, 6.07) is 19.9. The first-order chi connectivity index (χ1) is 9.78. The third-order valence-corrected chi connectivity index (χ3v) is 3.30. The second-order valence-electron chi connectivity index (χ2n) is 4.73. The molecule has 2 heteroatoms. The maximum atomic E-state index is 10.7. The molecule has 0 saturated heterocycles. The number of carbonyl (C=O) groups excluding carboxylic acids is 1. The molecular formula is C18H14O2. The van der Waals surface area contributed by atoms with Crippen molar-refractivity contribution in [2.75, 3.05) is 0 Å². The second-order valence-corrected chi connectivity index (χ2v) is 4.73. The Morgan fingerprint density at radius 2 is 1.55 bits per heavy atom. The zero-order chi connectivity index (χ0) is 13.9. The molecule has 0 bridgehead atoms. The van der Waals surface area contributed by atoms with Crippen molar-refractivity contribution >= 4 is 6.29 Å². The van der Waals surface area contributed by atoms with Gasteiger partial charge in [-0.25, -0.2) is 0 Å². The summed E-state index contributed by atoms with van der Waals surface area (Å²) in [6.07, 6.45) is 0.720. The number of benzene rings is 2. The molecule has 1 aromatic heterocycles. The average Bonchev–Trinajstić information content (AvgIpc) is 2.97. The van der Waals surface area contributed by atoms with E-state index in [0.29, 0.717) is 11.5 Å². The van der Waals surface area contributed by atoms with E-state index in [1.165, 1.54) is 5.56 Å². The molecule has 20 heavy (non-hydrogen) atoms. The van der Waals surface area contributed by atoms with Crippen LogP contribution in [0.3, 0.4) is 0 Å². The molecule has 0 atom stereocenters. The molecule has 0 unspecified atom stereocenters. The lowest BCUT2D eigenvalue weighted by molar-refractivity contribution is 0.110. The van der Waals surface area contributed by atoms with Gasteiger partial charge in [-0.05, 0) is 30.2 Å². The number of furan rings is 1. The van der Waals surface area contributed by atoms with Crippen molar-refractivity contribution in [1.82, 2.24) is 0 Å². The van der Waals surface area contributed by atoms with E-state index in [4.69, 9.17) is 4.42 Å². The van der Waals surface area contributed by atoms with Gasteiger partial charge in [-0.3, -0.25) is 4.79 Å². The molecule has 0 N–H and O–H groups in total. The summed E-state index contributed by atoms with van der Waals surface area (Å²) >= 11 is 0. The van der Waals surface area contributed by atoms with Gasteiger partial charge in [0.05, 0.1) is 0 Å². The Kier molecular flexibility index (Phi) is 3.21. The Morgan fingerprint density at radius 3 is 2.20 bits per heavy atom. The van der Waals surface area contributed by atoms with Crippen LogP contribution in [0.1, 0.15) is 16.1 Å². The van der Waals surface area contributed by atoms with Crippen LogP contribution in [0, 0.1) is 6.92 Å².